The van der Waals surface area contributed by atoms with E-state index in [1.807, 2.05) is 6.07 Å². The van der Waals surface area contributed by atoms with Crippen molar-refractivity contribution >= 4 is 23.6 Å². The Morgan fingerprint density at radius 3 is 2.59 bits per heavy atom. The van der Waals surface area contributed by atoms with Crippen LogP contribution in [0.4, 0.5) is 0 Å². The Labute approximate surface area is 168 Å². The van der Waals surface area contributed by atoms with E-state index in [4.69, 9.17) is 0 Å². The molecule has 4 aliphatic rings. The van der Waals surface area contributed by atoms with E-state index < -0.39 is 23.8 Å². The van der Waals surface area contributed by atoms with E-state index in [0.29, 0.717) is 17.0 Å². The van der Waals surface area contributed by atoms with E-state index in [0.717, 1.165) is 49.1 Å². The maximum absolute atomic E-state index is 12.9. The van der Waals surface area contributed by atoms with Crippen LogP contribution in [0.1, 0.15) is 45.5 Å². The zero-order valence-electron chi connectivity index (χ0n) is 16.1. The van der Waals surface area contributed by atoms with Gasteiger partial charge in [0.25, 0.3) is 11.8 Å². The lowest BCUT2D eigenvalue weighted by atomic mass is 9.88. The summed E-state index contributed by atoms with van der Waals surface area (Å²) in [7, 11) is 0. The van der Waals surface area contributed by atoms with Crippen LogP contribution in [0.2, 0.25) is 0 Å². The van der Waals surface area contributed by atoms with Gasteiger partial charge in [0.05, 0.1) is 11.1 Å². The molecule has 1 aromatic carbocycles. The first-order chi connectivity index (χ1) is 14.0. The summed E-state index contributed by atoms with van der Waals surface area (Å²) in [5, 5.41) is 5.69. The summed E-state index contributed by atoms with van der Waals surface area (Å²) in [6, 6.07) is 4.47. The average Bonchev–Trinajstić information content (AvgIpc) is 3.25. The smallest absolute Gasteiger partial charge is 0.262 e. The fourth-order valence-corrected chi connectivity index (χ4v) is 5.13. The van der Waals surface area contributed by atoms with Crippen molar-refractivity contribution in [3.8, 4) is 0 Å². The van der Waals surface area contributed by atoms with Gasteiger partial charge in [-0.3, -0.25) is 34.3 Å². The highest BCUT2D eigenvalue weighted by Gasteiger charge is 2.44. The molecule has 3 saturated heterocycles. The van der Waals surface area contributed by atoms with Gasteiger partial charge in [0, 0.05) is 19.5 Å². The van der Waals surface area contributed by atoms with Crippen LogP contribution >= 0.6 is 0 Å². The lowest BCUT2D eigenvalue weighted by molar-refractivity contribution is -0.136. The van der Waals surface area contributed by atoms with Crippen LogP contribution in [-0.2, 0) is 16.1 Å². The molecule has 2 N–H and O–H groups in total. The van der Waals surface area contributed by atoms with Crippen LogP contribution < -0.4 is 10.6 Å². The van der Waals surface area contributed by atoms with Gasteiger partial charge in [0.1, 0.15) is 6.04 Å². The lowest BCUT2D eigenvalue weighted by Crippen LogP contribution is -2.54. The summed E-state index contributed by atoms with van der Waals surface area (Å²) < 4.78 is 0. The van der Waals surface area contributed by atoms with Crippen molar-refractivity contribution in [1.29, 1.82) is 0 Å². The monoisotopic (exact) mass is 396 g/mol. The van der Waals surface area contributed by atoms with Crippen molar-refractivity contribution in [2.24, 2.45) is 11.8 Å². The molecule has 1 unspecified atom stereocenters. The number of rotatable bonds is 3. The molecule has 4 heterocycles. The number of piperidine rings is 2. The number of nitrogens with zero attached hydrogens (tertiary/aromatic N) is 2. The topological polar surface area (TPSA) is 98.8 Å². The van der Waals surface area contributed by atoms with Crippen LogP contribution in [-0.4, -0.2) is 65.6 Å². The number of amides is 4. The van der Waals surface area contributed by atoms with Gasteiger partial charge in [-0.25, -0.2) is 0 Å². The largest absolute Gasteiger partial charge is 0.316 e. The first-order valence-electron chi connectivity index (χ1n) is 10.3. The van der Waals surface area contributed by atoms with E-state index in [2.05, 4.69) is 15.5 Å². The number of hydrogen-bond acceptors (Lipinski definition) is 6. The molecule has 1 aromatic rings. The summed E-state index contributed by atoms with van der Waals surface area (Å²) in [5.41, 5.74) is 1.69. The first kappa shape index (κ1) is 18.4. The minimum absolute atomic E-state index is 0.126. The van der Waals surface area contributed by atoms with Crippen LogP contribution in [0.3, 0.4) is 0 Å². The number of nitrogens with one attached hydrogen (secondary N) is 2. The van der Waals surface area contributed by atoms with Gasteiger partial charge in [0.2, 0.25) is 11.8 Å². The highest BCUT2D eigenvalue weighted by molar-refractivity contribution is 6.23. The van der Waals surface area contributed by atoms with Crippen molar-refractivity contribution in [2.45, 2.75) is 31.8 Å². The SMILES string of the molecule is O=C1CCC(N2C(=O)c3ccc(CN4CC[C@H]5CNC[C@H]5C4)cc3C2=O)C(=O)N1. The second-order valence-electron chi connectivity index (χ2n) is 8.53. The predicted molar refractivity (Wildman–Crippen MR) is 103 cm³/mol. The molecule has 29 heavy (non-hydrogen) atoms. The quantitative estimate of drug-likeness (QED) is 0.705. The molecule has 0 spiro atoms. The van der Waals surface area contributed by atoms with Gasteiger partial charge >= 0.3 is 0 Å². The van der Waals surface area contributed by atoms with E-state index in [1.165, 1.54) is 6.42 Å². The molecule has 0 bridgehead atoms. The predicted octanol–water partition coefficient (Wildman–Crippen LogP) is 0.129. The molecule has 3 fully saturated rings. The molecular weight excluding hydrogens is 372 g/mol. The maximum Gasteiger partial charge on any atom is 0.262 e. The van der Waals surface area contributed by atoms with Gasteiger partial charge < -0.3 is 5.32 Å². The summed E-state index contributed by atoms with van der Waals surface area (Å²) in [5.74, 6) is -0.392. The normalized spacial score (nSPS) is 29.8. The third-order valence-electron chi connectivity index (χ3n) is 6.70. The molecule has 0 aliphatic carbocycles. The standard InChI is InChI=1S/C21H24N4O4/c26-18-4-3-17(19(27)23-18)25-20(28)15-2-1-12(7-16(15)21(25)29)10-24-6-5-13-8-22-9-14(13)11-24/h1-2,7,13-14,17,22H,3-6,8-11H2,(H,23,26,27)/t13-,14-,17?/m0/s1. The summed E-state index contributed by atoms with van der Waals surface area (Å²) in [4.78, 5) is 52.7. The van der Waals surface area contributed by atoms with Gasteiger partial charge in [-0.05, 0) is 62.0 Å². The van der Waals surface area contributed by atoms with E-state index >= 15 is 0 Å². The van der Waals surface area contributed by atoms with Crippen molar-refractivity contribution in [2.75, 3.05) is 26.2 Å². The second kappa shape index (κ2) is 7.03. The number of carbonyl (C=O) groups excluding carboxylic acids is 4. The summed E-state index contributed by atoms with van der Waals surface area (Å²) >= 11 is 0. The molecule has 8 heteroatoms. The Bertz CT molecular complexity index is 914. The summed E-state index contributed by atoms with van der Waals surface area (Å²) in [6.07, 6.45) is 1.48. The molecule has 0 aromatic heterocycles. The molecule has 8 nitrogen and oxygen atoms in total. The molecule has 152 valence electrons. The number of hydrogen-bond donors (Lipinski definition) is 2. The third-order valence-corrected chi connectivity index (χ3v) is 6.70. The highest BCUT2D eigenvalue weighted by Crippen LogP contribution is 2.30. The van der Waals surface area contributed by atoms with Crippen LogP contribution in [0.5, 0.6) is 0 Å². The first-order valence-corrected chi connectivity index (χ1v) is 10.3. The van der Waals surface area contributed by atoms with Crippen molar-refractivity contribution < 1.29 is 19.2 Å². The number of benzene rings is 1. The van der Waals surface area contributed by atoms with Gasteiger partial charge in [0.15, 0.2) is 0 Å². The molecule has 5 rings (SSSR count). The van der Waals surface area contributed by atoms with E-state index in [9.17, 15) is 19.2 Å². The van der Waals surface area contributed by atoms with Crippen molar-refractivity contribution in [3.05, 3.63) is 34.9 Å². The fraction of sp³-hybridized carbons (Fsp3) is 0.524. The maximum atomic E-state index is 12.9. The Kier molecular flexibility index (Phi) is 4.48. The average molecular weight is 396 g/mol. The Morgan fingerprint density at radius 2 is 1.76 bits per heavy atom. The van der Waals surface area contributed by atoms with Crippen molar-refractivity contribution in [3.63, 3.8) is 0 Å². The van der Waals surface area contributed by atoms with E-state index in [-0.39, 0.29) is 18.7 Å². The van der Waals surface area contributed by atoms with Gasteiger partial charge in [-0.1, -0.05) is 6.07 Å². The number of fused-ring (bicyclic) bond motifs is 2. The van der Waals surface area contributed by atoms with Gasteiger partial charge in [-0.2, -0.15) is 0 Å². The highest BCUT2D eigenvalue weighted by atomic mass is 16.2. The molecule has 4 amide bonds. The zero-order chi connectivity index (χ0) is 20.1. The molecule has 3 atom stereocenters. The molecule has 0 saturated carbocycles. The number of likely N-dealkylation sites (tertiary alicyclic amines) is 1. The Morgan fingerprint density at radius 1 is 0.966 bits per heavy atom. The van der Waals surface area contributed by atoms with Crippen LogP contribution in [0.25, 0.3) is 0 Å². The third kappa shape index (κ3) is 3.16. The molecule has 4 aliphatic heterocycles. The molecular formula is C21H24N4O4. The minimum atomic E-state index is -0.919. The Hall–Kier alpha value is -2.58. The number of carbonyl (C=O) groups is 4. The van der Waals surface area contributed by atoms with Crippen LogP contribution in [0.15, 0.2) is 18.2 Å². The fourth-order valence-electron chi connectivity index (χ4n) is 5.13. The second-order valence-corrected chi connectivity index (χ2v) is 8.53. The van der Waals surface area contributed by atoms with Crippen LogP contribution in [0, 0.1) is 11.8 Å². The number of imide groups is 2. The lowest BCUT2D eigenvalue weighted by Gasteiger charge is -2.34. The Balaban J connectivity index is 1.33. The summed E-state index contributed by atoms with van der Waals surface area (Å²) in [6.45, 7) is 5.01. The van der Waals surface area contributed by atoms with E-state index in [1.54, 1.807) is 12.1 Å². The van der Waals surface area contributed by atoms with Gasteiger partial charge in [-0.15, -0.1) is 0 Å². The minimum Gasteiger partial charge on any atom is -0.316 e. The molecule has 0 radical (unpaired) electrons. The van der Waals surface area contributed by atoms with Crippen molar-refractivity contribution in [1.82, 2.24) is 20.4 Å². The zero-order valence-corrected chi connectivity index (χ0v) is 16.1.